The van der Waals surface area contributed by atoms with Gasteiger partial charge < -0.3 is 0 Å². The van der Waals surface area contributed by atoms with E-state index < -0.39 is 0 Å². The number of benzene rings is 8. The van der Waals surface area contributed by atoms with Crippen molar-refractivity contribution in [2.45, 2.75) is 19.3 Å². The third-order valence-corrected chi connectivity index (χ3v) is 13.2. The van der Waals surface area contributed by atoms with Crippen LogP contribution in [0.1, 0.15) is 25.0 Å². The summed E-state index contributed by atoms with van der Waals surface area (Å²) >= 11 is 0.262. The first-order valence-electron chi connectivity index (χ1n) is 17.0. The summed E-state index contributed by atoms with van der Waals surface area (Å²) in [6.45, 7) is 4.73. The van der Waals surface area contributed by atoms with Gasteiger partial charge in [-0.25, -0.2) is 0 Å². The summed E-state index contributed by atoms with van der Waals surface area (Å²) in [5, 5.41) is 8.11. The summed E-state index contributed by atoms with van der Waals surface area (Å²) in [6.07, 6.45) is 0. The number of nitrogens with zero attached hydrogens (tertiary/aromatic N) is 1. The molecule has 232 valence electrons. The predicted molar refractivity (Wildman–Crippen MR) is 211 cm³/mol. The van der Waals surface area contributed by atoms with Crippen LogP contribution in [0.25, 0.3) is 63.1 Å². The second kappa shape index (κ2) is 10.8. The maximum atomic E-state index is 2.49. The first kappa shape index (κ1) is 28.6. The van der Waals surface area contributed by atoms with Crippen molar-refractivity contribution in [3.05, 3.63) is 175 Å². The van der Waals surface area contributed by atoms with Gasteiger partial charge >= 0.3 is 276 Å². The van der Waals surface area contributed by atoms with E-state index in [1.807, 2.05) is 0 Å². The molecule has 1 aliphatic carbocycles. The molecule has 0 spiro atoms. The molecule has 1 nitrogen and oxygen atoms in total. The van der Waals surface area contributed by atoms with Crippen LogP contribution in [0.4, 0.5) is 17.1 Å². The van der Waals surface area contributed by atoms with Crippen LogP contribution in [0.2, 0.25) is 0 Å². The van der Waals surface area contributed by atoms with E-state index in [1.54, 1.807) is 0 Å². The summed E-state index contributed by atoms with van der Waals surface area (Å²) in [5.41, 5.74) is 11.3. The Morgan fingerprint density at radius 3 is 2.04 bits per heavy atom. The van der Waals surface area contributed by atoms with Crippen LogP contribution in [0, 0.1) is 0 Å². The number of fused-ring (bicyclic) bond motifs is 10. The van der Waals surface area contributed by atoms with Gasteiger partial charge in [-0.15, -0.1) is 0 Å². The molecular formula is C47H33NSe. The van der Waals surface area contributed by atoms with E-state index in [-0.39, 0.29) is 19.9 Å². The van der Waals surface area contributed by atoms with Crippen molar-refractivity contribution in [1.29, 1.82) is 0 Å². The first-order chi connectivity index (χ1) is 24.1. The zero-order valence-corrected chi connectivity index (χ0v) is 29.2. The first-order valence-corrected chi connectivity index (χ1v) is 18.7. The Hall–Kier alpha value is -5.40. The molecule has 0 amide bonds. The molecule has 8 aromatic carbocycles. The molecule has 0 saturated heterocycles. The fourth-order valence-corrected chi connectivity index (χ4v) is 10.9. The standard InChI is InChI=1S/C47H33NSe/c1-47(2)40-15-8-6-14-38(40)45-41(47)16-10-17-42(45)48(34-25-21-31(22-26-34)30-11-4-3-5-12-30)35-27-23-32-19-20-33-24-28-37-36-13-7-9-18-43(36)49-46(37)44(33)39(32)29-35/h3-29H,1-2H3. The molecule has 1 aromatic heterocycles. The predicted octanol–water partition coefficient (Wildman–Crippen LogP) is 12.8. The monoisotopic (exact) mass is 691 g/mol. The van der Waals surface area contributed by atoms with E-state index in [4.69, 9.17) is 0 Å². The number of hydrogen-bond acceptors (Lipinski definition) is 1. The van der Waals surface area contributed by atoms with Crippen LogP contribution in [0.15, 0.2) is 164 Å². The fraction of sp³-hybridized carbons (Fsp3) is 0.0638. The number of rotatable bonds is 4. The van der Waals surface area contributed by atoms with Crippen LogP contribution < -0.4 is 4.90 Å². The van der Waals surface area contributed by atoms with Crippen LogP contribution in [0.3, 0.4) is 0 Å². The molecular weight excluding hydrogens is 657 g/mol. The molecule has 0 atom stereocenters. The molecule has 0 radical (unpaired) electrons. The van der Waals surface area contributed by atoms with E-state index in [0.29, 0.717) is 0 Å². The van der Waals surface area contributed by atoms with E-state index in [0.717, 1.165) is 5.69 Å². The summed E-state index contributed by atoms with van der Waals surface area (Å²) in [4.78, 5) is 2.49. The Labute approximate surface area is 292 Å². The molecule has 0 aliphatic heterocycles. The van der Waals surface area contributed by atoms with Crippen molar-refractivity contribution in [2.75, 3.05) is 4.90 Å². The summed E-state index contributed by atoms with van der Waals surface area (Å²) in [7, 11) is 0. The molecule has 1 aliphatic rings. The van der Waals surface area contributed by atoms with E-state index >= 15 is 0 Å². The molecule has 2 heteroatoms. The van der Waals surface area contributed by atoms with Crippen molar-refractivity contribution >= 4 is 72.4 Å². The minimum atomic E-state index is -0.0813. The summed E-state index contributed by atoms with van der Waals surface area (Å²) in [6, 6.07) is 60.9. The number of hydrogen-bond donors (Lipinski definition) is 0. The third-order valence-electron chi connectivity index (χ3n) is 10.6. The van der Waals surface area contributed by atoms with Gasteiger partial charge in [-0.3, -0.25) is 0 Å². The fourth-order valence-electron chi connectivity index (χ4n) is 8.23. The van der Waals surface area contributed by atoms with Gasteiger partial charge in [0.25, 0.3) is 0 Å². The number of anilines is 3. The summed E-state index contributed by atoms with van der Waals surface area (Å²) < 4.78 is 2.98. The van der Waals surface area contributed by atoms with Gasteiger partial charge in [0.15, 0.2) is 0 Å². The minimum absolute atomic E-state index is 0.0813. The average molecular weight is 691 g/mol. The van der Waals surface area contributed by atoms with E-state index in [2.05, 4.69) is 183 Å². The molecule has 0 bridgehead atoms. The van der Waals surface area contributed by atoms with Crippen LogP contribution >= 0.6 is 0 Å². The zero-order chi connectivity index (χ0) is 32.7. The third kappa shape index (κ3) is 4.31. The van der Waals surface area contributed by atoms with E-state index in [9.17, 15) is 0 Å². The summed E-state index contributed by atoms with van der Waals surface area (Å²) in [5.74, 6) is 0. The van der Waals surface area contributed by atoms with Gasteiger partial charge in [-0.2, -0.15) is 0 Å². The van der Waals surface area contributed by atoms with Crippen molar-refractivity contribution in [3.63, 3.8) is 0 Å². The quantitative estimate of drug-likeness (QED) is 0.131. The molecule has 0 unspecified atom stereocenters. The van der Waals surface area contributed by atoms with Gasteiger partial charge in [0.05, 0.1) is 0 Å². The van der Waals surface area contributed by atoms with Crippen LogP contribution in [0.5, 0.6) is 0 Å². The SMILES string of the molecule is CC1(C)c2ccccc2-c2c(N(c3ccc(-c4ccccc4)cc3)c3ccc4ccc5ccc6c7ccccc7[se]c6c5c4c3)cccc21. The molecule has 0 N–H and O–H groups in total. The van der Waals surface area contributed by atoms with Gasteiger partial charge in [0, 0.05) is 0 Å². The van der Waals surface area contributed by atoms with E-state index in [1.165, 1.54) is 85.6 Å². The molecule has 1 heterocycles. The Morgan fingerprint density at radius 2 is 1.16 bits per heavy atom. The van der Waals surface area contributed by atoms with Crippen molar-refractivity contribution in [3.8, 4) is 22.3 Å². The van der Waals surface area contributed by atoms with Gasteiger partial charge in [0.2, 0.25) is 0 Å². The molecule has 9 aromatic rings. The van der Waals surface area contributed by atoms with Gasteiger partial charge in [0.1, 0.15) is 0 Å². The van der Waals surface area contributed by atoms with Crippen molar-refractivity contribution in [2.24, 2.45) is 0 Å². The average Bonchev–Trinajstić information content (AvgIpc) is 3.65. The normalized spacial score (nSPS) is 13.3. The molecule has 0 fully saturated rings. The van der Waals surface area contributed by atoms with Crippen molar-refractivity contribution in [1.82, 2.24) is 0 Å². The van der Waals surface area contributed by atoms with Gasteiger partial charge in [-0.05, 0) is 0 Å². The Kier molecular flexibility index (Phi) is 6.31. The second-order valence-electron chi connectivity index (χ2n) is 13.7. The van der Waals surface area contributed by atoms with Crippen LogP contribution in [-0.4, -0.2) is 14.5 Å². The molecule has 10 rings (SSSR count). The topological polar surface area (TPSA) is 3.24 Å². The van der Waals surface area contributed by atoms with Crippen molar-refractivity contribution < 1.29 is 0 Å². The zero-order valence-electron chi connectivity index (χ0n) is 27.4. The Balaban J connectivity index is 1.25. The van der Waals surface area contributed by atoms with Crippen LogP contribution in [-0.2, 0) is 5.41 Å². The maximum absolute atomic E-state index is 2.49. The molecule has 49 heavy (non-hydrogen) atoms. The van der Waals surface area contributed by atoms with Gasteiger partial charge in [-0.1, -0.05) is 18.2 Å². The molecule has 0 saturated carbocycles. The second-order valence-corrected chi connectivity index (χ2v) is 15.9. The Bertz CT molecular complexity index is 2730. The Morgan fingerprint density at radius 1 is 0.490 bits per heavy atom.